The predicted octanol–water partition coefficient (Wildman–Crippen LogP) is 2.37. The lowest BCUT2D eigenvalue weighted by Crippen LogP contribution is -2.53. The molecule has 2 atom stereocenters. The number of piperidine rings is 1. The molecule has 1 saturated heterocycles. The second kappa shape index (κ2) is 7.09. The van der Waals surface area contributed by atoms with Crippen LogP contribution in [0.5, 0.6) is 0 Å². The molecule has 3 rings (SSSR count). The highest BCUT2D eigenvalue weighted by atomic mass is 16.2. The van der Waals surface area contributed by atoms with Crippen LogP contribution in [0.1, 0.15) is 37.2 Å². The Hall–Kier alpha value is -2.63. The molecule has 0 bridgehead atoms. The molecule has 1 aliphatic heterocycles. The van der Waals surface area contributed by atoms with Gasteiger partial charge in [0.25, 0.3) is 0 Å². The van der Waals surface area contributed by atoms with Gasteiger partial charge in [0.05, 0.1) is 5.69 Å². The number of nitrogens with one attached hydrogen (secondary N) is 1. The Morgan fingerprint density at radius 1 is 1.28 bits per heavy atom. The third kappa shape index (κ3) is 3.57. The lowest BCUT2D eigenvalue weighted by molar-refractivity contribution is -0.130. The van der Waals surface area contributed by atoms with E-state index >= 15 is 0 Å². The molecule has 1 aromatic heterocycles. The zero-order chi connectivity index (χ0) is 18.0. The normalized spacial score (nSPS) is 18.9. The van der Waals surface area contributed by atoms with Crippen LogP contribution in [0.25, 0.3) is 0 Å². The highest BCUT2D eigenvalue weighted by Crippen LogP contribution is 2.21. The number of nitrogens with zero attached hydrogens (tertiary/aromatic N) is 3. The van der Waals surface area contributed by atoms with Crippen molar-refractivity contribution in [2.24, 2.45) is 0 Å². The van der Waals surface area contributed by atoms with Crippen LogP contribution in [0.2, 0.25) is 0 Å². The van der Waals surface area contributed by atoms with Crippen LogP contribution in [-0.4, -0.2) is 34.2 Å². The lowest BCUT2D eigenvalue weighted by atomic mass is 10.0. The van der Waals surface area contributed by atoms with Gasteiger partial charge >= 0.3 is 0 Å². The van der Waals surface area contributed by atoms with E-state index in [1.165, 1.54) is 0 Å². The van der Waals surface area contributed by atoms with Gasteiger partial charge in [-0.25, -0.2) is 0 Å². The summed E-state index contributed by atoms with van der Waals surface area (Å²) in [5, 5.41) is 7.28. The molecule has 132 valence electrons. The molecule has 2 heterocycles. The number of rotatable bonds is 4. The molecule has 25 heavy (non-hydrogen) atoms. The number of amides is 2. The van der Waals surface area contributed by atoms with Crippen LogP contribution in [0.4, 0.5) is 5.69 Å². The van der Waals surface area contributed by atoms with E-state index in [1.807, 2.05) is 50.2 Å². The summed E-state index contributed by atoms with van der Waals surface area (Å²) < 4.78 is 1.70. The van der Waals surface area contributed by atoms with Crippen molar-refractivity contribution in [3.05, 3.63) is 47.8 Å². The Bertz CT molecular complexity index is 769. The quantitative estimate of drug-likeness (QED) is 0.929. The van der Waals surface area contributed by atoms with Gasteiger partial charge in [0, 0.05) is 17.9 Å². The maximum atomic E-state index is 12.8. The summed E-state index contributed by atoms with van der Waals surface area (Å²) in [6, 6.07) is 10.6. The molecule has 6 heteroatoms. The molecular weight excluding hydrogens is 316 g/mol. The topological polar surface area (TPSA) is 67.2 Å². The standard InChI is InChI=1S/C19H24N4O2/c1-13-12-14(2)23(21-13)15(3)18(24)20-17-10-7-11-22(19(17)25)16-8-5-4-6-9-16/h4-6,8-9,12,15,17H,7,10-11H2,1-3H3,(H,20,24)/t15-,17+/m0/s1. The van der Waals surface area contributed by atoms with E-state index in [0.717, 1.165) is 23.5 Å². The second-order valence-corrected chi connectivity index (χ2v) is 6.58. The van der Waals surface area contributed by atoms with Gasteiger partial charge in [-0.15, -0.1) is 0 Å². The Morgan fingerprint density at radius 2 is 2.00 bits per heavy atom. The van der Waals surface area contributed by atoms with E-state index in [1.54, 1.807) is 16.5 Å². The number of hydrogen-bond acceptors (Lipinski definition) is 3. The first-order valence-corrected chi connectivity index (χ1v) is 8.67. The average Bonchev–Trinajstić information content (AvgIpc) is 2.95. The molecule has 2 amide bonds. The molecule has 1 N–H and O–H groups in total. The van der Waals surface area contributed by atoms with Crippen molar-refractivity contribution in [3.8, 4) is 0 Å². The zero-order valence-electron chi connectivity index (χ0n) is 14.9. The molecule has 0 spiro atoms. The van der Waals surface area contributed by atoms with Crippen LogP contribution < -0.4 is 10.2 Å². The molecule has 6 nitrogen and oxygen atoms in total. The average molecular weight is 340 g/mol. The maximum absolute atomic E-state index is 12.8. The van der Waals surface area contributed by atoms with E-state index in [0.29, 0.717) is 13.0 Å². The summed E-state index contributed by atoms with van der Waals surface area (Å²) >= 11 is 0. The van der Waals surface area contributed by atoms with Gasteiger partial charge in [-0.3, -0.25) is 14.3 Å². The van der Waals surface area contributed by atoms with Gasteiger partial charge in [0.1, 0.15) is 12.1 Å². The van der Waals surface area contributed by atoms with E-state index in [4.69, 9.17) is 0 Å². The van der Waals surface area contributed by atoms with Crippen LogP contribution in [0.3, 0.4) is 0 Å². The fourth-order valence-corrected chi connectivity index (χ4v) is 3.32. The van der Waals surface area contributed by atoms with E-state index in [9.17, 15) is 9.59 Å². The fraction of sp³-hybridized carbons (Fsp3) is 0.421. The molecule has 1 fully saturated rings. The van der Waals surface area contributed by atoms with Crippen LogP contribution >= 0.6 is 0 Å². The first-order valence-electron chi connectivity index (χ1n) is 8.67. The van der Waals surface area contributed by atoms with Crippen LogP contribution in [0, 0.1) is 13.8 Å². The minimum atomic E-state index is -0.485. The first kappa shape index (κ1) is 17.2. The van der Waals surface area contributed by atoms with Gasteiger partial charge in [-0.1, -0.05) is 18.2 Å². The fourth-order valence-electron chi connectivity index (χ4n) is 3.32. The summed E-state index contributed by atoms with van der Waals surface area (Å²) in [4.78, 5) is 27.2. The molecule has 0 unspecified atom stereocenters. The summed E-state index contributed by atoms with van der Waals surface area (Å²) in [6.07, 6.45) is 1.53. The molecule has 0 radical (unpaired) electrons. The lowest BCUT2D eigenvalue weighted by Gasteiger charge is -2.33. The summed E-state index contributed by atoms with van der Waals surface area (Å²) in [6.45, 7) is 6.31. The first-order chi connectivity index (χ1) is 12.0. The predicted molar refractivity (Wildman–Crippen MR) is 96.4 cm³/mol. The number of aromatic nitrogens is 2. The number of aryl methyl sites for hydroxylation is 2. The molecular formula is C19H24N4O2. The minimum absolute atomic E-state index is 0.0497. The maximum Gasteiger partial charge on any atom is 0.249 e. The highest BCUT2D eigenvalue weighted by molar-refractivity contribution is 6.00. The van der Waals surface area contributed by atoms with Gasteiger partial charge in [0.2, 0.25) is 11.8 Å². The number of para-hydroxylation sites is 1. The minimum Gasteiger partial charge on any atom is -0.342 e. The SMILES string of the molecule is Cc1cc(C)n([C@@H](C)C(=O)N[C@@H]2CCCN(c3ccccc3)C2=O)n1. The number of carbonyl (C=O) groups excluding carboxylic acids is 2. The van der Waals surface area contributed by atoms with Crippen molar-refractivity contribution < 1.29 is 9.59 Å². The summed E-state index contributed by atoms with van der Waals surface area (Å²) in [5.41, 5.74) is 2.68. The molecule has 0 saturated carbocycles. The molecule has 1 aliphatic rings. The van der Waals surface area contributed by atoms with E-state index in [-0.39, 0.29) is 11.8 Å². The van der Waals surface area contributed by atoms with Crippen LogP contribution in [0.15, 0.2) is 36.4 Å². The summed E-state index contributed by atoms with van der Waals surface area (Å²) in [7, 11) is 0. The number of carbonyl (C=O) groups is 2. The van der Waals surface area contributed by atoms with E-state index in [2.05, 4.69) is 10.4 Å². The van der Waals surface area contributed by atoms with Crippen molar-refractivity contribution in [2.75, 3.05) is 11.4 Å². The van der Waals surface area contributed by atoms with Gasteiger partial charge in [-0.05, 0) is 51.8 Å². The molecule has 1 aromatic carbocycles. The highest BCUT2D eigenvalue weighted by Gasteiger charge is 2.32. The largest absolute Gasteiger partial charge is 0.342 e. The Labute approximate surface area is 147 Å². The van der Waals surface area contributed by atoms with Crippen molar-refractivity contribution in [2.45, 2.75) is 45.7 Å². The molecule has 2 aromatic rings. The second-order valence-electron chi connectivity index (χ2n) is 6.58. The third-order valence-corrected chi connectivity index (χ3v) is 4.61. The smallest absolute Gasteiger partial charge is 0.249 e. The van der Waals surface area contributed by atoms with Crippen molar-refractivity contribution in [1.82, 2.24) is 15.1 Å². The van der Waals surface area contributed by atoms with Crippen molar-refractivity contribution >= 4 is 17.5 Å². The van der Waals surface area contributed by atoms with E-state index < -0.39 is 12.1 Å². The van der Waals surface area contributed by atoms with Gasteiger partial charge in [0.15, 0.2) is 0 Å². The van der Waals surface area contributed by atoms with Crippen molar-refractivity contribution in [3.63, 3.8) is 0 Å². The summed E-state index contributed by atoms with van der Waals surface area (Å²) in [5.74, 6) is -0.231. The number of benzene rings is 1. The third-order valence-electron chi connectivity index (χ3n) is 4.61. The van der Waals surface area contributed by atoms with Gasteiger partial charge < -0.3 is 10.2 Å². The van der Waals surface area contributed by atoms with Gasteiger partial charge in [-0.2, -0.15) is 5.10 Å². The Balaban J connectivity index is 1.70. The van der Waals surface area contributed by atoms with Crippen molar-refractivity contribution in [1.29, 1.82) is 0 Å². The number of hydrogen-bond donors (Lipinski definition) is 1. The Morgan fingerprint density at radius 3 is 2.64 bits per heavy atom. The monoisotopic (exact) mass is 340 g/mol. The van der Waals surface area contributed by atoms with Crippen LogP contribution in [-0.2, 0) is 9.59 Å². The number of anilines is 1. The molecule has 0 aliphatic carbocycles. The Kier molecular flexibility index (Phi) is 4.88. The zero-order valence-corrected chi connectivity index (χ0v) is 14.9.